The predicted octanol–water partition coefficient (Wildman–Crippen LogP) is -0.909. The van der Waals surface area contributed by atoms with E-state index >= 15 is 0 Å². The number of nitrogens with two attached hydrogens (primary N) is 1. The first kappa shape index (κ1) is 9.44. The van der Waals surface area contributed by atoms with Gasteiger partial charge in [0.2, 0.25) is 0 Å². The normalized spacial score (nSPS) is 25.3. The maximum Gasteiger partial charge on any atom is 0.341 e. The molecule has 0 aromatic carbocycles. The minimum Gasteiger partial charge on any atom is -0.368 e. The molecule has 0 aliphatic carbocycles. The number of hydroxylamine groups is 1. The van der Waals surface area contributed by atoms with Crippen LogP contribution in [0.3, 0.4) is 0 Å². The van der Waals surface area contributed by atoms with Gasteiger partial charge in [0.25, 0.3) is 0 Å². The second kappa shape index (κ2) is 4.39. The summed E-state index contributed by atoms with van der Waals surface area (Å²) in [6, 6.07) is -0.156. The molecule has 4 N–H and O–H groups in total. The maximum atomic E-state index is 11.1. The van der Waals surface area contributed by atoms with Crippen molar-refractivity contribution in [1.29, 1.82) is 0 Å². The highest BCUT2D eigenvalue weighted by atomic mass is 16.7. The van der Waals surface area contributed by atoms with Crippen LogP contribution in [0.2, 0.25) is 0 Å². The van der Waals surface area contributed by atoms with Gasteiger partial charge in [0.05, 0.1) is 6.17 Å². The van der Waals surface area contributed by atoms with Crippen molar-refractivity contribution < 1.29 is 9.63 Å². The summed E-state index contributed by atoms with van der Waals surface area (Å²) < 4.78 is 0. The van der Waals surface area contributed by atoms with Crippen LogP contribution in [0.4, 0.5) is 0 Å². The van der Waals surface area contributed by atoms with Gasteiger partial charge in [0, 0.05) is 0 Å². The van der Waals surface area contributed by atoms with E-state index in [4.69, 9.17) is 10.6 Å². The molecular formula is C7H15N3O2. The maximum absolute atomic E-state index is 11.1. The summed E-state index contributed by atoms with van der Waals surface area (Å²) in [4.78, 5) is 15.9. The molecule has 5 nitrogen and oxygen atoms in total. The zero-order valence-corrected chi connectivity index (χ0v) is 7.17. The van der Waals surface area contributed by atoms with Crippen LogP contribution in [-0.4, -0.2) is 24.7 Å². The van der Waals surface area contributed by atoms with Crippen molar-refractivity contribution in [2.24, 2.45) is 5.73 Å². The van der Waals surface area contributed by atoms with Gasteiger partial charge in [0.15, 0.2) is 0 Å². The average molecular weight is 173 g/mol. The van der Waals surface area contributed by atoms with Crippen LogP contribution in [0.25, 0.3) is 0 Å². The number of hydrogen-bond donors (Lipinski definition) is 3. The van der Waals surface area contributed by atoms with Crippen LogP contribution in [0.15, 0.2) is 0 Å². The summed E-state index contributed by atoms with van der Waals surface area (Å²) in [5.41, 5.74) is 7.74. The standard InChI is InChI=1S/C7H15N3O2/c1-5(8)10-12-7(11)6-3-2-4-9-6/h5-6,9-10H,2-4,8H2,1H3. The molecule has 0 aromatic heterocycles. The van der Waals surface area contributed by atoms with Crippen molar-refractivity contribution in [3.8, 4) is 0 Å². The Labute approximate surface area is 71.6 Å². The minimum absolute atomic E-state index is 0.156. The van der Waals surface area contributed by atoms with Crippen molar-refractivity contribution in [3.63, 3.8) is 0 Å². The van der Waals surface area contributed by atoms with E-state index in [1.165, 1.54) is 0 Å². The first-order valence-electron chi connectivity index (χ1n) is 4.15. The summed E-state index contributed by atoms with van der Waals surface area (Å²) in [6.45, 7) is 2.59. The second-order valence-electron chi connectivity index (χ2n) is 2.98. The summed E-state index contributed by atoms with van der Waals surface area (Å²) in [7, 11) is 0. The monoisotopic (exact) mass is 173 g/mol. The van der Waals surface area contributed by atoms with Gasteiger partial charge >= 0.3 is 5.97 Å². The zero-order chi connectivity index (χ0) is 8.97. The SMILES string of the molecule is CC(N)NOC(=O)C1CCCN1. The highest BCUT2D eigenvalue weighted by Crippen LogP contribution is 2.05. The van der Waals surface area contributed by atoms with E-state index in [0.29, 0.717) is 0 Å². The molecule has 2 unspecified atom stereocenters. The lowest BCUT2D eigenvalue weighted by molar-refractivity contribution is -0.154. The summed E-state index contributed by atoms with van der Waals surface area (Å²) in [5, 5.41) is 3.02. The van der Waals surface area contributed by atoms with Gasteiger partial charge in [-0.3, -0.25) is 0 Å². The number of rotatable bonds is 3. The molecule has 1 saturated heterocycles. The predicted molar refractivity (Wildman–Crippen MR) is 43.9 cm³/mol. The van der Waals surface area contributed by atoms with Crippen LogP contribution in [0.1, 0.15) is 19.8 Å². The van der Waals surface area contributed by atoms with Crippen molar-refractivity contribution >= 4 is 5.97 Å². The molecule has 1 aliphatic heterocycles. The second-order valence-corrected chi connectivity index (χ2v) is 2.98. The first-order valence-corrected chi connectivity index (χ1v) is 4.15. The van der Waals surface area contributed by atoms with Crippen molar-refractivity contribution in [3.05, 3.63) is 0 Å². The quantitative estimate of drug-likeness (QED) is 0.380. The van der Waals surface area contributed by atoms with Gasteiger partial charge in [-0.05, 0) is 26.3 Å². The Morgan fingerprint density at radius 1 is 1.83 bits per heavy atom. The average Bonchev–Trinajstić information content (AvgIpc) is 2.51. The lowest BCUT2D eigenvalue weighted by Gasteiger charge is -2.11. The molecule has 0 saturated carbocycles. The molecule has 0 radical (unpaired) electrons. The molecule has 1 heterocycles. The Morgan fingerprint density at radius 3 is 3.08 bits per heavy atom. The molecule has 0 spiro atoms. The van der Waals surface area contributed by atoms with Crippen molar-refractivity contribution in [2.45, 2.75) is 32.0 Å². The molecule has 1 fully saturated rings. The van der Waals surface area contributed by atoms with Gasteiger partial charge < -0.3 is 15.9 Å². The third-order valence-electron chi connectivity index (χ3n) is 1.69. The highest BCUT2D eigenvalue weighted by molar-refractivity contribution is 5.75. The van der Waals surface area contributed by atoms with Crippen LogP contribution >= 0.6 is 0 Å². The first-order chi connectivity index (χ1) is 5.70. The third kappa shape index (κ3) is 2.77. The minimum atomic E-state index is -0.324. The fourth-order valence-electron chi connectivity index (χ4n) is 1.11. The Morgan fingerprint density at radius 2 is 2.58 bits per heavy atom. The largest absolute Gasteiger partial charge is 0.368 e. The molecule has 1 aliphatic rings. The van der Waals surface area contributed by atoms with Gasteiger partial charge in [-0.15, -0.1) is 5.48 Å². The Kier molecular flexibility index (Phi) is 3.46. The summed E-state index contributed by atoms with van der Waals surface area (Å²) in [5.74, 6) is -0.273. The fraction of sp³-hybridized carbons (Fsp3) is 0.857. The molecule has 12 heavy (non-hydrogen) atoms. The number of carbonyl (C=O) groups is 1. The van der Waals surface area contributed by atoms with Gasteiger partial charge in [-0.1, -0.05) is 0 Å². The zero-order valence-electron chi connectivity index (χ0n) is 7.17. The summed E-state index contributed by atoms with van der Waals surface area (Å²) >= 11 is 0. The van der Waals surface area contributed by atoms with E-state index in [-0.39, 0.29) is 18.2 Å². The molecule has 70 valence electrons. The molecule has 0 aromatic rings. The Bertz CT molecular complexity index is 155. The molecular weight excluding hydrogens is 158 g/mol. The van der Waals surface area contributed by atoms with Gasteiger partial charge in [-0.2, -0.15) is 0 Å². The highest BCUT2D eigenvalue weighted by Gasteiger charge is 2.23. The summed E-state index contributed by atoms with van der Waals surface area (Å²) in [6.07, 6.45) is 1.55. The Balaban J connectivity index is 2.18. The number of carbonyl (C=O) groups excluding carboxylic acids is 1. The smallest absolute Gasteiger partial charge is 0.341 e. The van der Waals surface area contributed by atoms with Gasteiger partial charge in [-0.25, -0.2) is 4.79 Å². The van der Waals surface area contributed by atoms with E-state index < -0.39 is 0 Å². The Hall–Kier alpha value is -0.650. The topological polar surface area (TPSA) is 76.4 Å². The van der Waals surface area contributed by atoms with Gasteiger partial charge in [0.1, 0.15) is 6.04 Å². The van der Waals surface area contributed by atoms with E-state index in [9.17, 15) is 4.79 Å². The van der Waals surface area contributed by atoms with Crippen LogP contribution in [0.5, 0.6) is 0 Å². The van der Waals surface area contributed by atoms with E-state index in [1.807, 2.05) is 0 Å². The van der Waals surface area contributed by atoms with E-state index in [2.05, 4.69) is 10.8 Å². The lowest BCUT2D eigenvalue weighted by Crippen LogP contribution is -2.41. The van der Waals surface area contributed by atoms with Crippen molar-refractivity contribution in [2.75, 3.05) is 6.54 Å². The van der Waals surface area contributed by atoms with Crippen LogP contribution in [-0.2, 0) is 9.63 Å². The molecule has 0 bridgehead atoms. The van der Waals surface area contributed by atoms with E-state index in [0.717, 1.165) is 19.4 Å². The molecule has 0 amide bonds. The third-order valence-corrected chi connectivity index (χ3v) is 1.69. The molecule has 2 atom stereocenters. The van der Waals surface area contributed by atoms with E-state index in [1.54, 1.807) is 6.92 Å². The van der Waals surface area contributed by atoms with Crippen molar-refractivity contribution in [1.82, 2.24) is 10.8 Å². The number of nitrogens with one attached hydrogen (secondary N) is 2. The fourth-order valence-corrected chi connectivity index (χ4v) is 1.11. The van der Waals surface area contributed by atoms with Crippen LogP contribution < -0.4 is 16.5 Å². The molecule has 1 rings (SSSR count). The lowest BCUT2D eigenvalue weighted by atomic mass is 10.2. The molecule has 5 heteroatoms. The van der Waals surface area contributed by atoms with Crippen LogP contribution in [0, 0.1) is 0 Å². The number of hydrogen-bond acceptors (Lipinski definition) is 5.